The Bertz CT molecular complexity index is 1610. The van der Waals surface area contributed by atoms with E-state index in [1.807, 2.05) is 30.3 Å². The lowest BCUT2D eigenvalue weighted by atomic mass is 9.75. The summed E-state index contributed by atoms with van der Waals surface area (Å²) in [4.78, 5) is 26.6. The number of carbonyl (C=O) groups is 2. The van der Waals surface area contributed by atoms with Crippen molar-refractivity contribution in [2.45, 2.75) is 43.0 Å². The number of fused-ring (bicyclic) bond motifs is 4. The van der Waals surface area contributed by atoms with Crippen molar-refractivity contribution in [3.05, 3.63) is 95.1 Å². The lowest BCUT2D eigenvalue weighted by Gasteiger charge is -2.45. The van der Waals surface area contributed by atoms with E-state index in [0.29, 0.717) is 47.6 Å². The number of hydrogen-bond acceptors (Lipinski definition) is 9. The molecule has 1 aliphatic carbocycles. The van der Waals surface area contributed by atoms with Crippen molar-refractivity contribution in [3.63, 3.8) is 0 Å². The minimum absolute atomic E-state index is 0.215. The molecule has 2 aliphatic rings. The number of carbonyl (C=O) groups excluding carboxylic acids is 2. The maximum atomic E-state index is 14.5. The second-order valence-electron chi connectivity index (χ2n) is 11.7. The zero-order chi connectivity index (χ0) is 33.8. The molecular weight excluding hydrogens is 604 g/mol. The summed E-state index contributed by atoms with van der Waals surface area (Å²) in [5, 5.41) is 40.2. The first-order chi connectivity index (χ1) is 22.7. The van der Waals surface area contributed by atoms with Gasteiger partial charge in [-0.3, -0.25) is 9.59 Å². The van der Waals surface area contributed by atoms with Crippen molar-refractivity contribution >= 4 is 11.8 Å². The fourth-order valence-corrected chi connectivity index (χ4v) is 6.93. The molecule has 47 heavy (non-hydrogen) atoms. The highest BCUT2D eigenvalue weighted by molar-refractivity contribution is 5.92. The number of hydrogen-bond donors (Lipinski definition) is 5. The van der Waals surface area contributed by atoms with Gasteiger partial charge in [-0.15, -0.1) is 0 Å². The number of aliphatic hydroxyl groups excluding tert-OH is 2. The molecule has 11 heteroatoms. The molecule has 1 aliphatic heterocycles. The number of ether oxygens (including phenoxy) is 4. The first kappa shape index (κ1) is 33.8. The second-order valence-corrected chi connectivity index (χ2v) is 11.7. The quantitative estimate of drug-likeness (QED) is 0.139. The number of methoxy groups -OCH3 is 3. The zero-order valence-corrected chi connectivity index (χ0v) is 27.0. The van der Waals surface area contributed by atoms with Crippen LogP contribution in [-0.2, 0) is 20.8 Å². The number of rotatable bonds is 13. The van der Waals surface area contributed by atoms with Gasteiger partial charge in [0.25, 0.3) is 0 Å². The highest BCUT2D eigenvalue weighted by Crippen LogP contribution is 2.68. The van der Waals surface area contributed by atoms with Gasteiger partial charge in [0.15, 0.2) is 5.60 Å². The molecule has 5 rings (SSSR count). The summed E-state index contributed by atoms with van der Waals surface area (Å²) in [6, 6.07) is 19.3. The Morgan fingerprint density at radius 2 is 1.57 bits per heavy atom. The molecule has 5 N–H and O–H groups in total. The Hall–Kier alpha value is -4.58. The van der Waals surface area contributed by atoms with Crippen LogP contribution in [0.3, 0.4) is 0 Å². The molecule has 2 bridgehead atoms. The van der Waals surface area contributed by atoms with E-state index < -0.39 is 35.0 Å². The van der Waals surface area contributed by atoms with Crippen molar-refractivity contribution < 1.29 is 43.9 Å². The normalized spacial score (nSPS) is 24.5. The van der Waals surface area contributed by atoms with Crippen LogP contribution in [0, 0.1) is 5.92 Å². The summed E-state index contributed by atoms with van der Waals surface area (Å²) in [6.45, 7) is 2.07. The molecule has 0 saturated heterocycles. The molecular formula is C36H42N2O9. The van der Waals surface area contributed by atoms with Gasteiger partial charge < -0.3 is 44.9 Å². The Morgan fingerprint density at radius 3 is 2.19 bits per heavy atom. The fourth-order valence-electron chi connectivity index (χ4n) is 6.93. The molecule has 3 aromatic carbocycles. The number of nitrogens with one attached hydrogen (secondary N) is 2. The molecule has 1 fully saturated rings. The molecule has 1 heterocycles. The van der Waals surface area contributed by atoms with Crippen LogP contribution in [0.25, 0.3) is 0 Å². The third-order valence-electron chi connectivity index (χ3n) is 9.19. The third kappa shape index (κ3) is 5.90. The van der Waals surface area contributed by atoms with Crippen LogP contribution in [0.4, 0.5) is 0 Å². The van der Waals surface area contributed by atoms with E-state index in [9.17, 15) is 19.8 Å². The lowest BCUT2D eigenvalue weighted by Crippen LogP contribution is -2.56. The van der Waals surface area contributed by atoms with Crippen LogP contribution < -0.4 is 29.6 Å². The Morgan fingerprint density at radius 1 is 0.915 bits per heavy atom. The summed E-state index contributed by atoms with van der Waals surface area (Å²) >= 11 is 0. The van der Waals surface area contributed by atoms with Gasteiger partial charge in [-0.2, -0.15) is 0 Å². The van der Waals surface area contributed by atoms with Crippen LogP contribution in [0.5, 0.6) is 23.0 Å². The SMILES string of the molecule is COc1ccc(C23Oc4cc(OC)cc(OC)c4C(O)(C2O)[C@@H](c2ccccc2)[C@@H]3C(=O)NCCCCNC(=O)/C(C)=C/CO)cc1. The Kier molecular flexibility index (Phi) is 10.1. The second kappa shape index (κ2) is 14.0. The first-order valence-electron chi connectivity index (χ1n) is 15.6. The molecule has 3 unspecified atom stereocenters. The molecule has 5 atom stereocenters. The van der Waals surface area contributed by atoms with Gasteiger partial charge in [0, 0.05) is 36.7 Å². The summed E-state index contributed by atoms with van der Waals surface area (Å²) in [5.41, 5.74) is -2.00. The molecule has 2 amide bonds. The maximum Gasteiger partial charge on any atom is 0.246 e. The summed E-state index contributed by atoms with van der Waals surface area (Å²) in [7, 11) is 4.50. The van der Waals surface area contributed by atoms with Gasteiger partial charge in [-0.25, -0.2) is 0 Å². The number of unbranched alkanes of at least 4 members (excludes halogenated alkanes) is 1. The van der Waals surface area contributed by atoms with Gasteiger partial charge in [0.2, 0.25) is 11.8 Å². The van der Waals surface area contributed by atoms with Crippen LogP contribution in [0.2, 0.25) is 0 Å². The minimum Gasteiger partial charge on any atom is -0.497 e. The minimum atomic E-state index is -2.03. The van der Waals surface area contributed by atoms with Gasteiger partial charge >= 0.3 is 0 Å². The number of amides is 2. The van der Waals surface area contributed by atoms with Crippen molar-refractivity contribution in [1.82, 2.24) is 10.6 Å². The maximum absolute atomic E-state index is 14.5. The van der Waals surface area contributed by atoms with E-state index in [0.717, 1.165) is 0 Å². The summed E-state index contributed by atoms with van der Waals surface area (Å²) < 4.78 is 23.4. The smallest absolute Gasteiger partial charge is 0.246 e. The van der Waals surface area contributed by atoms with Gasteiger partial charge in [0.1, 0.15) is 34.7 Å². The van der Waals surface area contributed by atoms with Gasteiger partial charge in [-0.1, -0.05) is 48.5 Å². The van der Waals surface area contributed by atoms with Crippen LogP contribution >= 0.6 is 0 Å². The largest absolute Gasteiger partial charge is 0.497 e. The standard InChI is InChI=1S/C36H42N2O9/c1-22(16-19-39)32(40)37-17-8-9-18-38-33(41)31-29(23-10-6-5-7-11-23)35(43)30-27(46-4)20-26(45-3)21-28(30)47-36(31,34(35)42)24-12-14-25(44-2)15-13-24/h5-7,10-16,20-21,29,31,34,39,42-43H,8-9,17-19H2,1-4H3,(H,37,40)(H,38,41)/b22-16+/t29-,31+,34?,35?,36?/m0/s1. The average molecular weight is 647 g/mol. The fraction of sp³-hybridized carbons (Fsp3) is 0.389. The predicted octanol–water partition coefficient (Wildman–Crippen LogP) is 2.91. The van der Waals surface area contributed by atoms with E-state index in [-0.39, 0.29) is 36.1 Å². The zero-order valence-electron chi connectivity index (χ0n) is 27.0. The summed E-state index contributed by atoms with van der Waals surface area (Å²) in [5.74, 6) is -1.32. The average Bonchev–Trinajstić information content (AvgIpc) is 3.22. The monoisotopic (exact) mass is 646 g/mol. The molecule has 3 aromatic rings. The van der Waals surface area contributed by atoms with Gasteiger partial charge in [0.05, 0.1) is 39.4 Å². The predicted molar refractivity (Wildman–Crippen MR) is 174 cm³/mol. The van der Waals surface area contributed by atoms with E-state index in [4.69, 9.17) is 24.1 Å². The lowest BCUT2D eigenvalue weighted by molar-refractivity contribution is -0.159. The van der Waals surface area contributed by atoms with E-state index in [2.05, 4.69) is 10.6 Å². The molecule has 0 aromatic heterocycles. The first-order valence-corrected chi connectivity index (χ1v) is 15.6. The molecule has 0 spiro atoms. The topological polar surface area (TPSA) is 156 Å². The number of benzene rings is 3. The highest BCUT2D eigenvalue weighted by Gasteiger charge is 2.76. The van der Waals surface area contributed by atoms with Crippen molar-refractivity contribution in [3.8, 4) is 23.0 Å². The Labute approximate surface area is 274 Å². The molecule has 0 radical (unpaired) electrons. The molecule has 11 nitrogen and oxygen atoms in total. The van der Waals surface area contributed by atoms with Crippen LogP contribution in [0.15, 0.2) is 78.4 Å². The van der Waals surface area contributed by atoms with Gasteiger partial charge in [-0.05, 0) is 43.0 Å². The number of aliphatic hydroxyl groups is 3. The summed E-state index contributed by atoms with van der Waals surface area (Å²) in [6.07, 6.45) is 0.959. The molecule has 250 valence electrons. The molecule has 1 saturated carbocycles. The van der Waals surface area contributed by atoms with Crippen molar-refractivity contribution in [2.75, 3.05) is 41.0 Å². The van der Waals surface area contributed by atoms with Crippen molar-refractivity contribution in [2.24, 2.45) is 5.92 Å². The third-order valence-corrected chi connectivity index (χ3v) is 9.19. The van der Waals surface area contributed by atoms with Crippen LogP contribution in [0.1, 0.15) is 42.4 Å². The van der Waals surface area contributed by atoms with E-state index >= 15 is 0 Å². The Balaban J connectivity index is 1.56. The van der Waals surface area contributed by atoms with E-state index in [1.54, 1.807) is 50.4 Å². The van der Waals surface area contributed by atoms with E-state index in [1.165, 1.54) is 20.3 Å². The highest BCUT2D eigenvalue weighted by atomic mass is 16.5. The van der Waals surface area contributed by atoms with Crippen LogP contribution in [-0.4, -0.2) is 74.3 Å². The van der Waals surface area contributed by atoms with Crippen molar-refractivity contribution in [1.29, 1.82) is 0 Å².